The molecule has 1 unspecified atom stereocenters. The summed E-state index contributed by atoms with van der Waals surface area (Å²) < 4.78 is 0. The maximum Gasteiger partial charge on any atom is 0.0377 e. The summed E-state index contributed by atoms with van der Waals surface area (Å²) in [5, 5.41) is 0. The summed E-state index contributed by atoms with van der Waals surface area (Å²) in [7, 11) is 2.23. The predicted octanol–water partition coefficient (Wildman–Crippen LogP) is 4.02. The maximum atomic E-state index is 6.02. The van der Waals surface area contributed by atoms with Crippen molar-refractivity contribution in [3.63, 3.8) is 0 Å². The van der Waals surface area contributed by atoms with E-state index in [1.807, 2.05) is 6.07 Å². The van der Waals surface area contributed by atoms with Gasteiger partial charge in [-0.1, -0.05) is 43.3 Å². The minimum Gasteiger partial charge on any atom is -0.399 e. The van der Waals surface area contributed by atoms with Crippen LogP contribution in [-0.4, -0.2) is 11.9 Å². The molecule has 2 nitrogen and oxygen atoms in total. The van der Waals surface area contributed by atoms with Gasteiger partial charge in [0.2, 0.25) is 0 Å². The first kappa shape index (κ1) is 14.2. The zero-order valence-corrected chi connectivity index (χ0v) is 12.9. The number of benzene rings is 2. The zero-order valence-electron chi connectivity index (χ0n) is 12.9. The molecule has 0 bridgehead atoms. The predicted molar refractivity (Wildman–Crippen MR) is 89.0 cm³/mol. The molecule has 0 aliphatic heterocycles. The Morgan fingerprint density at radius 3 is 2.67 bits per heavy atom. The van der Waals surface area contributed by atoms with E-state index in [1.54, 1.807) is 0 Å². The Labute approximate surface area is 127 Å². The van der Waals surface area contributed by atoms with Crippen molar-refractivity contribution in [2.75, 3.05) is 12.8 Å². The summed E-state index contributed by atoms with van der Waals surface area (Å²) in [6.45, 7) is 3.34. The smallest absolute Gasteiger partial charge is 0.0377 e. The van der Waals surface area contributed by atoms with Gasteiger partial charge in [-0.05, 0) is 54.6 Å². The minimum absolute atomic E-state index is 0.456. The van der Waals surface area contributed by atoms with Crippen LogP contribution in [0.2, 0.25) is 0 Å². The lowest BCUT2D eigenvalue weighted by Gasteiger charge is -2.38. The molecule has 1 aliphatic rings. The lowest BCUT2D eigenvalue weighted by molar-refractivity contribution is 0.161. The van der Waals surface area contributed by atoms with Crippen LogP contribution in [0.25, 0.3) is 0 Å². The van der Waals surface area contributed by atoms with E-state index in [0.717, 1.165) is 12.2 Å². The van der Waals surface area contributed by atoms with E-state index in [1.165, 1.54) is 29.5 Å². The van der Waals surface area contributed by atoms with E-state index < -0.39 is 0 Å². The minimum atomic E-state index is 0.456. The highest BCUT2D eigenvalue weighted by molar-refractivity contribution is 5.47. The largest absolute Gasteiger partial charge is 0.399 e. The highest BCUT2D eigenvalue weighted by Gasteiger charge is 2.29. The molecule has 0 saturated heterocycles. The van der Waals surface area contributed by atoms with Gasteiger partial charge in [-0.3, -0.25) is 4.90 Å². The molecule has 110 valence electrons. The Morgan fingerprint density at radius 2 is 1.90 bits per heavy atom. The Morgan fingerprint density at radius 1 is 1.14 bits per heavy atom. The van der Waals surface area contributed by atoms with Gasteiger partial charge in [0.1, 0.15) is 0 Å². The van der Waals surface area contributed by atoms with Gasteiger partial charge in [0.25, 0.3) is 0 Å². The van der Waals surface area contributed by atoms with Gasteiger partial charge in [-0.25, -0.2) is 0 Å². The third kappa shape index (κ3) is 2.96. The van der Waals surface area contributed by atoms with Crippen LogP contribution in [0, 0.1) is 5.92 Å². The quantitative estimate of drug-likeness (QED) is 0.860. The molecule has 0 spiro atoms. The molecule has 0 saturated carbocycles. The first-order chi connectivity index (χ1) is 10.1. The summed E-state index contributed by atoms with van der Waals surface area (Å²) >= 11 is 0. The molecule has 2 heteroatoms. The molecule has 0 heterocycles. The number of anilines is 1. The van der Waals surface area contributed by atoms with Gasteiger partial charge in [0, 0.05) is 18.3 Å². The fourth-order valence-electron chi connectivity index (χ4n) is 3.61. The second-order valence-electron chi connectivity index (χ2n) is 6.32. The molecule has 1 aliphatic carbocycles. The monoisotopic (exact) mass is 280 g/mol. The fraction of sp³-hybridized carbons (Fsp3) is 0.368. The number of nitrogens with two attached hydrogens (primary N) is 1. The fourth-order valence-corrected chi connectivity index (χ4v) is 3.61. The van der Waals surface area contributed by atoms with Crippen LogP contribution in [0.3, 0.4) is 0 Å². The number of hydrogen-bond donors (Lipinski definition) is 1. The van der Waals surface area contributed by atoms with E-state index in [4.69, 9.17) is 5.73 Å². The number of rotatable bonds is 3. The second kappa shape index (κ2) is 5.90. The summed E-state index contributed by atoms with van der Waals surface area (Å²) in [6, 6.07) is 17.6. The van der Waals surface area contributed by atoms with Gasteiger partial charge in [-0.2, -0.15) is 0 Å². The molecule has 2 aromatic rings. The maximum absolute atomic E-state index is 6.02. The first-order valence-electron chi connectivity index (χ1n) is 7.77. The summed E-state index contributed by atoms with van der Waals surface area (Å²) in [4.78, 5) is 2.47. The highest BCUT2D eigenvalue weighted by Crippen LogP contribution is 2.39. The number of hydrogen-bond acceptors (Lipinski definition) is 2. The molecular weight excluding hydrogens is 256 g/mol. The van der Waals surface area contributed by atoms with Gasteiger partial charge < -0.3 is 5.73 Å². The summed E-state index contributed by atoms with van der Waals surface area (Å²) in [5.41, 5.74) is 11.2. The van der Waals surface area contributed by atoms with Gasteiger partial charge in [0.15, 0.2) is 0 Å². The van der Waals surface area contributed by atoms with Crippen LogP contribution in [0.4, 0.5) is 5.69 Å². The van der Waals surface area contributed by atoms with E-state index >= 15 is 0 Å². The van der Waals surface area contributed by atoms with E-state index in [-0.39, 0.29) is 0 Å². The molecule has 2 aromatic carbocycles. The Bertz CT molecular complexity index is 606. The van der Waals surface area contributed by atoms with Crippen molar-refractivity contribution >= 4 is 5.69 Å². The van der Waals surface area contributed by atoms with Crippen molar-refractivity contribution in [1.29, 1.82) is 0 Å². The van der Waals surface area contributed by atoms with Crippen molar-refractivity contribution in [3.8, 4) is 0 Å². The molecule has 3 rings (SSSR count). The molecular formula is C19H24N2. The highest BCUT2D eigenvalue weighted by atomic mass is 15.1. The lowest BCUT2D eigenvalue weighted by atomic mass is 9.79. The van der Waals surface area contributed by atoms with Crippen molar-refractivity contribution in [2.24, 2.45) is 5.92 Å². The Kier molecular flexibility index (Phi) is 3.98. The topological polar surface area (TPSA) is 29.3 Å². The van der Waals surface area contributed by atoms with Crippen LogP contribution in [-0.2, 0) is 13.0 Å². The van der Waals surface area contributed by atoms with Crippen LogP contribution < -0.4 is 5.73 Å². The summed E-state index contributed by atoms with van der Waals surface area (Å²) in [6.07, 6.45) is 2.42. The molecule has 0 fully saturated rings. The van der Waals surface area contributed by atoms with Crippen LogP contribution in [0.5, 0.6) is 0 Å². The zero-order chi connectivity index (χ0) is 14.8. The van der Waals surface area contributed by atoms with E-state index in [2.05, 4.69) is 61.3 Å². The standard InChI is InChI=1S/C19H24N2/c1-14-8-9-16-10-11-17(20)12-18(16)19(14)21(2)13-15-6-4-3-5-7-15/h3-7,10-12,14,19H,8-9,13,20H2,1-2H3/t14?,19-/m1/s1. The molecule has 21 heavy (non-hydrogen) atoms. The number of aryl methyl sites for hydroxylation is 1. The number of nitrogens with zero attached hydrogens (tertiary/aromatic N) is 1. The van der Waals surface area contributed by atoms with Gasteiger partial charge >= 0.3 is 0 Å². The van der Waals surface area contributed by atoms with Crippen LogP contribution in [0.15, 0.2) is 48.5 Å². The number of fused-ring (bicyclic) bond motifs is 1. The van der Waals surface area contributed by atoms with Crippen LogP contribution in [0.1, 0.15) is 36.1 Å². The van der Waals surface area contributed by atoms with Gasteiger partial charge in [-0.15, -0.1) is 0 Å². The lowest BCUT2D eigenvalue weighted by Crippen LogP contribution is -2.32. The van der Waals surface area contributed by atoms with E-state index in [0.29, 0.717) is 12.0 Å². The average Bonchev–Trinajstić information content (AvgIpc) is 2.47. The number of nitrogen functional groups attached to an aromatic ring is 1. The first-order valence-corrected chi connectivity index (χ1v) is 7.77. The normalized spacial score (nSPS) is 21.3. The van der Waals surface area contributed by atoms with Crippen molar-refractivity contribution in [2.45, 2.75) is 32.4 Å². The second-order valence-corrected chi connectivity index (χ2v) is 6.32. The van der Waals surface area contributed by atoms with Crippen molar-refractivity contribution in [3.05, 3.63) is 65.2 Å². The molecule has 0 amide bonds. The Hall–Kier alpha value is -1.80. The Balaban J connectivity index is 1.88. The third-order valence-electron chi connectivity index (χ3n) is 4.65. The third-order valence-corrected chi connectivity index (χ3v) is 4.65. The molecule has 2 N–H and O–H groups in total. The van der Waals surface area contributed by atoms with E-state index in [9.17, 15) is 0 Å². The molecule has 0 aromatic heterocycles. The SMILES string of the molecule is CC1CCc2ccc(N)cc2[C@@H]1N(C)Cc1ccccc1. The summed E-state index contributed by atoms with van der Waals surface area (Å²) in [5.74, 6) is 0.660. The average molecular weight is 280 g/mol. The molecule has 0 radical (unpaired) electrons. The van der Waals surface area contributed by atoms with Crippen molar-refractivity contribution in [1.82, 2.24) is 4.90 Å². The van der Waals surface area contributed by atoms with Crippen molar-refractivity contribution < 1.29 is 0 Å². The van der Waals surface area contributed by atoms with Crippen LogP contribution >= 0.6 is 0 Å². The molecule has 2 atom stereocenters. The van der Waals surface area contributed by atoms with Gasteiger partial charge in [0.05, 0.1) is 0 Å².